The van der Waals surface area contributed by atoms with Crippen LogP contribution in [0.25, 0.3) is 0 Å². The lowest BCUT2D eigenvalue weighted by Crippen LogP contribution is -2.21. The number of ether oxygens (including phenoxy) is 1. The molecule has 0 rings (SSSR count). The Hall–Kier alpha value is -0.0400. The first-order valence-corrected chi connectivity index (χ1v) is 6.23. The van der Waals surface area contributed by atoms with E-state index >= 15 is 0 Å². The molecule has 0 aliphatic carbocycles. The fourth-order valence-corrected chi connectivity index (χ4v) is 1.77. The maximum Gasteiger partial charge on any atom is 0.0575 e. The quantitative estimate of drug-likeness (QED) is 0.569. The molecule has 86 valence electrons. The van der Waals surface area contributed by atoms with Crippen LogP contribution >= 0.6 is 0 Å². The normalized spacial score (nSPS) is 15.9. The van der Waals surface area contributed by atoms with E-state index in [0.717, 1.165) is 18.4 Å². The van der Waals surface area contributed by atoms with Gasteiger partial charge in [-0.2, -0.15) is 0 Å². The molecule has 0 aromatic heterocycles. The van der Waals surface area contributed by atoms with Crippen molar-refractivity contribution in [3.8, 4) is 0 Å². The molecule has 0 fully saturated rings. The van der Waals surface area contributed by atoms with Crippen LogP contribution in [0.1, 0.15) is 60.3 Å². The van der Waals surface area contributed by atoms with Crippen molar-refractivity contribution in [2.75, 3.05) is 6.61 Å². The van der Waals surface area contributed by atoms with Crippen molar-refractivity contribution in [2.45, 2.75) is 66.4 Å². The van der Waals surface area contributed by atoms with Crippen LogP contribution in [0.3, 0.4) is 0 Å². The lowest BCUT2D eigenvalue weighted by molar-refractivity contribution is 0.0154. The van der Waals surface area contributed by atoms with Crippen LogP contribution < -0.4 is 0 Å². The van der Waals surface area contributed by atoms with Crippen LogP contribution in [-0.2, 0) is 4.74 Å². The third-order valence-electron chi connectivity index (χ3n) is 2.92. The van der Waals surface area contributed by atoms with Gasteiger partial charge in [-0.3, -0.25) is 0 Å². The Bertz CT molecular complexity index is 120. The topological polar surface area (TPSA) is 9.23 Å². The molecule has 2 unspecified atom stereocenters. The summed E-state index contributed by atoms with van der Waals surface area (Å²) >= 11 is 0. The van der Waals surface area contributed by atoms with Gasteiger partial charge in [0, 0.05) is 6.61 Å². The molecule has 0 aromatic carbocycles. The van der Waals surface area contributed by atoms with Crippen molar-refractivity contribution in [1.82, 2.24) is 0 Å². The minimum atomic E-state index is 0.443. The monoisotopic (exact) mass is 200 g/mol. The van der Waals surface area contributed by atoms with E-state index in [0.29, 0.717) is 6.10 Å². The van der Waals surface area contributed by atoms with Crippen LogP contribution in [0.2, 0.25) is 0 Å². The summed E-state index contributed by atoms with van der Waals surface area (Å²) in [5.41, 5.74) is 0. The lowest BCUT2D eigenvalue weighted by Gasteiger charge is -2.23. The molecule has 1 heteroatoms. The average molecular weight is 200 g/mol. The van der Waals surface area contributed by atoms with Gasteiger partial charge >= 0.3 is 0 Å². The molecule has 0 aromatic rings. The number of hydrogen-bond donors (Lipinski definition) is 0. The van der Waals surface area contributed by atoms with Gasteiger partial charge in [-0.15, -0.1) is 0 Å². The van der Waals surface area contributed by atoms with E-state index in [-0.39, 0.29) is 0 Å². The smallest absolute Gasteiger partial charge is 0.0575 e. The summed E-state index contributed by atoms with van der Waals surface area (Å²) in [6.07, 6.45) is 5.46. The third kappa shape index (κ3) is 6.42. The predicted octanol–water partition coefficient (Wildman–Crippen LogP) is 4.26. The highest BCUT2D eigenvalue weighted by molar-refractivity contribution is 4.64. The zero-order chi connectivity index (χ0) is 11.0. The van der Waals surface area contributed by atoms with Crippen molar-refractivity contribution >= 4 is 0 Å². The Labute approximate surface area is 90.2 Å². The zero-order valence-corrected chi connectivity index (χ0v) is 10.7. The van der Waals surface area contributed by atoms with Crippen molar-refractivity contribution < 1.29 is 4.74 Å². The highest BCUT2D eigenvalue weighted by atomic mass is 16.5. The first-order valence-electron chi connectivity index (χ1n) is 6.23. The maximum atomic E-state index is 5.86. The first kappa shape index (κ1) is 14.0. The Morgan fingerprint density at radius 2 is 1.64 bits per heavy atom. The summed E-state index contributed by atoms with van der Waals surface area (Å²) in [4.78, 5) is 0. The van der Waals surface area contributed by atoms with E-state index in [9.17, 15) is 0 Å². The van der Waals surface area contributed by atoms with Crippen LogP contribution in [0.15, 0.2) is 0 Å². The Morgan fingerprint density at radius 1 is 1.00 bits per heavy atom. The number of hydrogen-bond acceptors (Lipinski definition) is 1. The minimum absolute atomic E-state index is 0.443. The van der Waals surface area contributed by atoms with Gasteiger partial charge in [-0.1, -0.05) is 40.5 Å². The second-order valence-corrected chi connectivity index (χ2v) is 4.72. The van der Waals surface area contributed by atoms with Crippen LogP contribution in [0, 0.1) is 11.8 Å². The fourth-order valence-electron chi connectivity index (χ4n) is 1.77. The minimum Gasteiger partial charge on any atom is -0.378 e. The van der Waals surface area contributed by atoms with Gasteiger partial charge in [0.2, 0.25) is 0 Å². The van der Waals surface area contributed by atoms with Crippen LogP contribution in [0.5, 0.6) is 0 Å². The van der Waals surface area contributed by atoms with Crippen LogP contribution in [-0.4, -0.2) is 12.7 Å². The summed E-state index contributed by atoms with van der Waals surface area (Å²) in [5, 5.41) is 0. The van der Waals surface area contributed by atoms with E-state index in [1.54, 1.807) is 0 Å². The summed E-state index contributed by atoms with van der Waals surface area (Å²) in [7, 11) is 0. The summed E-state index contributed by atoms with van der Waals surface area (Å²) < 4.78 is 5.86. The molecule has 0 radical (unpaired) electrons. The standard InChI is InChI=1S/C13H28O/c1-6-8-13(7-2)12(5)14-10-9-11(3)4/h11-13H,6-10H2,1-5H3. The molecule has 0 amide bonds. The van der Waals surface area contributed by atoms with Gasteiger partial charge in [0.25, 0.3) is 0 Å². The Kier molecular flexibility index (Phi) is 8.26. The average Bonchev–Trinajstić information content (AvgIpc) is 2.13. The van der Waals surface area contributed by atoms with E-state index < -0.39 is 0 Å². The molecular formula is C13H28O. The molecule has 0 spiro atoms. The van der Waals surface area contributed by atoms with Gasteiger partial charge in [0.05, 0.1) is 6.10 Å². The molecule has 14 heavy (non-hydrogen) atoms. The molecule has 0 bridgehead atoms. The second kappa shape index (κ2) is 8.28. The molecule has 1 nitrogen and oxygen atoms in total. The highest BCUT2D eigenvalue weighted by Gasteiger charge is 2.14. The van der Waals surface area contributed by atoms with Crippen molar-refractivity contribution in [3.63, 3.8) is 0 Å². The predicted molar refractivity (Wildman–Crippen MR) is 63.6 cm³/mol. The highest BCUT2D eigenvalue weighted by Crippen LogP contribution is 2.18. The van der Waals surface area contributed by atoms with Crippen molar-refractivity contribution in [2.24, 2.45) is 11.8 Å². The maximum absolute atomic E-state index is 5.86. The van der Waals surface area contributed by atoms with Crippen molar-refractivity contribution in [1.29, 1.82) is 0 Å². The molecule has 0 saturated heterocycles. The summed E-state index contributed by atoms with van der Waals surface area (Å²) in [6.45, 7) is 12.2. The molecular weight excluding hydrogens is 172 g/mol. The molecule has 0 saturated carbocycles. The Morgan fingerprint density at radius 3 is 2.07 bits per heavy atom. The SMILES string of the molecule is CCCC(CC)C(C)OCCC(C)C. The molecule has 0 N–H and O–H groups in total. The summed E-state index contributed by atoms with van der Waals surface area (Å²) in [5.74, 6) is 1.51. The van der Waals surface area contributed by atoms with E-state index in [4.69, 9.17) is 4.74 Å². The fraction of sp³-hybridized carbons (Fsp3) is 1.00. The van der Waals surface area contributed by atoms with Gasteiger partial charge < -0.3 is 4.74 Å². The van der Waals surface area contributed by atoms with Gasteiger partial charge in [0.15, 0.2) is 0 Å². The molecule has 0 aliphatic rings. The largest absolute Gasteiger partial charge is 0.378 e. The number of rotatable bonds is 8. The Balaban J connectivity index is 3.63. The van der Waals surface area contributed by atoms with Crippen LogP contribution in [0.4, 0.5) is 0 Å². The molecule has 2 atom stereocenters. The summed E-state index contributed by atoms with van der Waals surface area (Å²) in [6, 6.07) is 0. The first-order chi connectivity index (χ1) is 6.61. The van der Waals surface area contributed by atoms with E-state index in [1.165, 1.54) is 25.7 Å². The van der Waals surface area contributed by atoms with E-state index in [1.807, 2.05) is 0 Å². The second-order valence-electron chi connectivity index (χ2n) is 4.72. The van der Waals surface area contributed by atoms with E-state index in [2.05, 4.69) is 34.6 Å². The lowest BCUT2D eigenvalue weighted by atomic mass is 9.95. The van der Waals surface area contributed by atoms with Gasteiger partial charge in [-0.05, 0) is 31.6 Å². The van der Waals surface area contributed by atoms with Crippen molar-refractivity contribution in [3.05, 3.63) is 0 Å². The van der Waals surface area contributed by atoms with Gasteiger partial charge in [-0.25, -0.2) is 0 Å². The molecule has 0 aliphatic heterocycles. The molecule has 0 heterocycles. The zero-order valence-electron chi connectivity index (χ0n) is 10.7. The van der Waals surface area contributed by atoms with Gasteiger partial charge in [0.1, 0.15) is 0 Å². The third-order valence-corrected chi connectivity index (χ3v) is 2.92.